The first kappa shape index (κ1) is 18.0. The van der Waals surface area contributed by atoms with Crippen LogP contribution >= 0.6 is 11.3 Å². The van der Waals surface area contributed by atoms with Crippen LogP contribution in [-0.2, 0) is 19.6 Å². The predicted molar refractivity (Wildman–Crippen MR) is 91.4 cm³/mol. The van der Waals surface area contributed by atoms with E-state index in [1.165, 1.54) is 18.2 Å². The number of aromatic nitrogens is 2. The lowest BCUT2D eigenvalue weighted by atomic mass is 10.4. The van der Waals surface area contributed by atoms with Gasteiger partial charge in [-0.3, -0.25) is 14.8 Å². The summed E-state index contributed by atoms with van der Waals surface area (Å²) in [4.78, 5) is 12.0. The van der Waals surface area contributed by atoms with Crippen molar-refractivity contribution in [2.75, 3.05) is 16.6 Å². The lowest BCUT2D eigenvalue weighted by Gasteiger charge is -2.09. The summed E-state index contributed by atoms with van der Waals surface area (Å²) in [6.45, 7) is 5.32. The van der Waals surface area contributed by atoms with E-state index in [1.807, 2.05) is 0 Å². The van der Waals surface area contributed by atoms with Crippen molar-refractivity contribution in [3.8, 4) is 0 Å². The summed E-state index contributed by atoms with van der Waals surface area (Å²) in [7, 11) is -3.75. The van der Waals surface area contributed by atoms with Gasteiger partial charge in [0.05, 0.1) is 11.5 Å². The van der Waals surface area contributed by atoms with Crippen molar-refractivity contribution in [1.82, 2.24) is 10.2 Å². The van der Waals surface area contributed by atoms with Crippen LogP contribution in [0.1, 0.15) is 6.92 Å². The van der Waals surface area contributed by atoms with Crippen LogP contribution in [0.25, 0.3) is 0 Å². The maximum atomic E-state index is 12.2. The highest BCUT2D eigenvalue weighted by Gasteiger charge is 2.18. The summed E-state index contributed by atoms with van der Waals surface area (Å²) in [5.41, 5.74) is 0. The fraction of sp³-hybridized carbons (Fsp3) is 0.214. The van der Waals surface area contributed by atoms with Crippen molar-refractivity contribution in [2.45, 2.75) is 17.9 Å². The molecule has 0 saturated heterocycles. The molecule has 1 aromatic carbocycles. The number of sulfonamides is 1. The third-order valence-electron chi connectivity index (χ3n) is 2.76. The monoisotopic (exact) mass is 368 g/mol. The van der Waals surface area contributed by atoms with E-state index < -0.39 is 22.0 Å². The van der Waals surface area contributed by atoms with Crippen LogP contribution in [0.4, 0.5) is 10.3 Å². The first-order chi connectivity index (χ1) is 11.4. The van der Waals surface area contributed by atoms with Crippen molar-refractivity contribution in [2.24, 2.45) is 0 Å². The van der Waals surface area contributed by atoms with Crippen LogP contribution in [0.5, 0.6) is 0 Å². The third-order valence-corrected chi connectivity index (χ3v) is 5.00. The second-order valence-corrected chi connectivity index (χ2v) is 7.24. The van der Waals surface area contributed by atoms with Gasteiger partial charge in [0.1, 0.15) is 6.10 Å². The Kier molecular flexibility index (Phi) is 6.01. The van der Waals surface area contributed by atoms with E-state index in [0.717, 1.165) is 11.3 Å². The zero-order valence-corrected chi connectivity index (χ0v) is 14.4. The molecule has 0 saturated carbocycles. The van der Waals surface area contributed by atoms with Crippen molar-refractivity contribution in [3.63, 3.8) is 0 Å². The van der Waals surface area contributed by atoms with Gasteiger partial charge < -0.3 is 4.74 Å². The molecule has 0 aliphatic carbocycles. The molecule has 0 spiro atoms. The molecule has 1 atom stereocenters. The molecule has 2 aromatic rings. The van der Waals surface area contributed by atoms with Crippen LogP contribution in [0.15, 0.2) is 47.9 Å². The molecular weight excluding hydrogens is 352 g/mol. The SMILES string of the molecule is C=CCOC(C)C(=O)Nc1nnc(NS(=O)(=O)c2ccccc2)s1. The lowest BCUT2D eigenvalue weighted by molar-refractivity contribution is -0.125. The molecule has 24 heavy (non-hydrogen) atoms. The van der Waals surface area contributed by atoms with Crippen molar-refractivity contribution < 1.29 is 17.9 Å². The van der Waals surface area contributed by atoms with Gasteiger partial charge in [-0.1, -0.05) is 35.6 Å². The van der Waals surface area contributed by atoms with Gasteiger partial charge in [-0.15, -0.1) is 16.8 Å². The van der Waals surface area contributed by atoms with Crippen molar-refractivity contribution in [3.05, 3.63) is 43.0 Å². The maximum absolute atomic E-state index is 12.2. The Labute approximate surface area is 143 Å². The smallest absolute Gasteiger partial charge is 0.263 e. The highest BCUT2D eigenvalue weighted by atomic mass is 32.2. The quantitative estimate of drug-likeness (QED) is 0.688. The molecular formula is C14H16N4O4S2. The van der Waals surface area contributed by atoms with Crippen LogP contribution in [0.3, 0.4) is 0 Å². The fourth-order valence-corrected chi connectivity index (χ4v) is 3.48. The molecule has 0 bridgehead atoms. The third kappa shape index (κ3) is 4.85. The van der Waals surface area contributed by atoms with Gasteiger partial charge in [0, 0.05) is 0 Å². The van der Waals surface area contributed by atoms with Gasteiger partial charge in [-0.2, -0.15) is 0 Å². The number of nitrogens with one attached hydrogen (secondary N) is 2. The number of hydrogen-bond acceptors (Lipinski definition) is 7. The zero-order valence-electron chi connectivity index (χ0n) is 12.8. The molecule has 1 aromatic heterocycles. The van der Waals surface area contributed by atoms with Crippen LogP contribution in [0.2, 0.25) is 0 Å². The Bertz CT molecular complexity index is 805. The molecule has 0 fully saturated rings. The lowest BCUT2D eigenvalue weighted by Crippen LogP contribution is -2.27. The highest BCUT2D eigenvalue weighted by Crippen LogP contribution is 2.23. The van der Waals surface area contributed by atoms with E-state index in [1.54, 1.807) is 25.1 Å². The van der Waals surface area contributed by atoms with E-state index in [4.69, 9.17) is 4.74 Å². The number of anilines is 2. The summed E-state index contributed by atoms with van der Waals surface area (Å²) in [6, 6.07) is 7.87. The standard InChI is InChI=1S/C14H16N4O4S2/c1-3-9-22-10(2)12(19)15-13-16-17-14(23-13)18-24(20,21)11-7-5-4-6-8-11/h3-8,10H,1,9H2,2H3,(H,17,18)(H,15,16,19). The molecule has 2 N–H and O–H groups in total. The average Bonchev–Trinajstić information content (AvgIpc) is 2.99. The molecule has 8 nitrogen and oxygen atoms in total. The average molecular weight is 368 g/mol. The van der Waals surface area contributed by atoms with Gasteiger partial charge in [0.25, 0.3) is 15.9 Å². The number of ether oxygens (including phenoxy) is 1. The normalized spacial score (nSPS) is 12.4. The second kappa shape index (κ2) is 7.99. The van der Waals surface area contributed by atoms with Gasteiger partial charge >= 0.3 is 0 Å². The summed E-state index contributed by atoms with van der Waals surface area (Å²) >= 11 is 0.904. The Morgan fingerprint density at radius 1 is 1.33 bits per heavy atom. The number of hydrogen-bond donors (Lipinski definition) is 2. The summed E-state index contributed by atoms with van der Waals surface area (Å²) in [5.74, 6) is -0.412. The Balaban J connectivity index is 2.01. The van der Waals surface area contributed by atoms with Crippen LogP contribution in [0, 0.1) is 0 Å². The number of amides is 1. The van der Waals surface area contributed by atoms with Gasteiger partial charge in [-0.25, -0.2) is 8.42 Å². The number of benzene rings is 1. The molecule has 0 aliphatic heterocycles. The molecule has 0 radical (unpaired) electrons. The molecule has 10 heteroatoms. The van der Waals surface area contributed by atoms with E-state index in [-0.39, 0.29) is 21.8 Å². The number of nitrogens with zero attached hydrogens (tertiary/aromatic N) is 2. The number of rotatable bonds is 8. The molecule has 1 amide bonds. The second-order valence-electron chi connectivity index (χ2n) is 4.58. The zero-order chi connectivity index (χ0) is 17.6. The summed E-state index contributed by atoms with van der Waals surface area (Å²) in [6.07, 6.45) is 0.835. The van der Waals surface area contributed by atoms with E-state index in [9.17, 15) is 13.2 Å². The largest absolute Gasteiger partial charge is 0.365 e. The number of carbonyl (C=O) groups excluding carboxylic acids is 1. The molecule has 2 rings (SSSR count). The minimum atomic E-state index is -3.75. The fourth-order valence-electron chi connectivity index (χ4n) is 1.58. The molecule has 0 aliphatic rings. The Hall–Kier alpha value is -2.30. The number of carbonyl (C=O) groups is 1. The minimum absolute atomic E-state index is 0.0498. The topological polar surface area (TPSA) is 110 Å². The first-order valence-corrected chi connectivity index (χ1v) is 9.17. The van der Waals surface area contributed by atoms with Gasteiger partial charge in [0.15, 0.2) is 0 Å². The Morgan fingerprint density at radius 2 is 2.00 bits per heavy atom. The highest BCUT2D eigenvalue weighted by molar-refractivity contribution is 7.93. The molecule has 128 valence electrons. The van der Waals surface area contributed by atoms with E-state index in [2.05, 4.69) is 26.8 Å². The molecule has 1 unspecified atom stereocenters. The van der Waals surface area contributed by atoms with Crippen molar-refractivity contribution in [1.29, 1.82) is 0 Å². The van der Waals surface area contributed by atoms with E-state index in [0.29, 0.717) is 0 Å². The minimum Gasteiger partial charge on any atom is -0.365 e. The van der Waals surface area contributed by atoms with Crippen LogP contribution < -0.4 is 10.0 Å². The maximum Gasteiger partial charge on any atom is 0.263 e. The molecule has 1 heterocycles. The summed E-state index contributed by atoms with van der Waals surface area (Å²) in [5, 5.41) is 10.2. The Morgan fingerprint density at radius 3 is 2.67 bits per heavy atom. The van der Waals surface area contributed by atoms with E-state index >= 15 is 0 Å². The van der Waals surface area contributed by atoms with Crippen molar-refractivity contribution >= 4 is 37.5 Å². The van der Waals surface area contributed by atoms with Gasteiger partial charge in [0.2, 0.25) is 10.3 Å². The van der Waals surface area contributed by atoms with Gasteiger partial charge in [-0.05, 0) is 19.1 Å². The first-order valence-electron chi connectivity index (χ1n) is 6.87. The van der Waals surface area contributed by atoms with Crippen LogP contribution in [-0.4, -0.2) is 37.2 Å². The summed E-state index contributed by atoms with van der Waals surface area (Å²) < 4.78 is 31.8. The predicted octanol–water partition coefficient (Wildman–Crippen LogP) is 1.87.